The molecule has 0 amide bonds. The second-order valence-corrected chi connectivity index (χ2v) is 7.78. The molecular formula is C19H27FN4S. The molecule has 1 saturated carbocycles. The van der Waals surface area contributed by atoms with Crippen molar-refractivity contribution in [1.82, 2.24) is 10.6 Å². The number of aliphatic imine (C=N–C) groups is 1. The zero-order chi connectivity index (χ0) is 18.1. The highest BCUT2D eigenvalue weighted by Crippen LogP contribution is 2.28. The molecule has 0 saturated heterocycles. The second kappa shape index (κ2) is 10.3. The van der Waals surface area contributed by atoms with E-state index in [-0.39, 0.29) is 12.4 Å². The predicted octanol–water partition coefficient (Wildman–Crippen LogP) is 3.82. The van der Waals surface area contributed by atoms with Crippen LogP contribution in [0.25, 0.3) is 0 Å². The Labute approximate surface area is 154 Å². The summed E-state index contributed by atoms with van der Waals surface area (Å²) in [5, 5.41) is 16.3. The van der Waals surface area contributed by atoms with Crippen molar-refractivity contribution in [3.05, 3.63) is 35.1 Å². The van der Waals surface area contributed by atoms with E-state index in [2.05, 4.69) is 22.5 Å². The minimum Gasteiger partial charge on any atom is -0.357 e. The van der Waals surface area contributed by atoms with Crippen molar-refractivity contribution < 1.29 is 4.39 Å². The van der Waals surface area contributed by atoms with Crippen molar-refractivity contribution in [3.8, 4) is 6.07 Å². The lowest BCUT2D eigenvalue weighted by atomic mass is 9.95. The third-order valence-electron chi connectivity index (χ3n) is 4.30. The third-order valence-corrected chi connectivity index (χ3v) is 5.54. The van der Waals surface area contributed by atoms with Crippen LogP contribution in [0, 0.1) is 17.1 Å². The van der Waals surface area contributed by atoms with E-state index >= 15 is 0 Å². The van der Waals surface area contributed by atoms with Crippen LogP contribution in [0.3, 0.4) is 0 Å². The van der Waals surface area contributed by atoms with Crippen LogP contribution in [0.2, 0.25) is 0 Å². The maximum atomic E-state index is 14.0. The number of nitrogens with zero attached hydrogens (tertiary/aromatic N) is 2. The largest absolute Gasteiger partial charge is 0.357 e. The van der Waals surface area contributed by atoms with Gasteiger partial charge in [0.2, 0.25) is 0 Å². The zero-order valence-electron chi connectivity index (χ0n) is 15.0. The molecule has 25 heavy (non-hydrogen) atoms. The van der Waals surface area contributed by atoms with Crippen molar-refractivity contribution in [2.75, 3.05) is 12.3 Å². The summed E-state index contributed by atoms with van der Waals surface area (Å²) < 4.78 is 14.0. The summed E-state index contributed by atoms with van der Waals surface area (Å²) in [6.07, 6.45) is 4.82. The van der Waals surface area contributed by atoms with E-state index in [0.29, 0.717) is 17.2 Å². The molecule has 2 unspecified atom stereocenters. The molecule has 2 N–H and O–H groups in total. The van der Waals surface area contributed by atoms with E-state index in [4.69, 9.17) is 5.26 Å². The van der Waals surface area contributed by atoms with Gasteiger partial charge in [-0.05, 0) is 44.1 Å². The topological polar surface area (TPSA) is 60.2 Å². The molecule has 2 atom stereocenters. The van der Waals surface area contributed by atoms with Crippen molar-refractivity contribution in [1.29, 1.82) is 5.26 Å². The summed E-state index contributed by atoms with van der Waals surface area (Å²) in [5.41, 5.74) is 0.830. The first kappa shape index (κ1) is 19.6. The molecule has 1 fully saturated rings. The van der Waals surface area contributed by atoms with Crippen LogP contribution in [0.1, 0.15) is 50.7 Å². The van der Waals surface area contributed by atoms with Crippen LogP contribution in [-0.4, -0.2) is 29.5 Å². The molecule has 4 nitrogen and oxygen atoms in total. The second-order valence-electron chi connectivity index (χ2n) is 6.20. The van der Waals surface area contributed by atoms with E-state index in [1.165, 1.54) is 18.9 Å². The third kappa shape index (κ3) is 6.24. The fourth-order valence-electron chi connectivity index (χ4n) is 3.09. The van der Waals surface area contributed by atoms with Gasteiger partial charge in [0.1, 0.15) is 5.82 Å². The molecule has 1 aromatic rings. The van der Waals surface area contributed by atoms with Crippen LogP contribution >= 0.6 is 11.8 Å². The summed E-state index contributed by atoms with van der Waals surface area (Å²) in [6.45, 7) is 5.25. The molecular weight excluding hydrogens is 335 g/mol. The highest BCUT2D eigenvalue weighted by Gasteiger charge is 2.22. The van der Waals surface area contributed by atoms with Gasteiger partial charge in [0.25, 0.3) is 0 Å². The van der Waals surface area contributed by atoms with E-state index in [9.17, 15) is 4.39 Å². The lowest BCUT2D eigenvalue weighted by molar-refractivity contribution is 0.419. The number of benzene rings is 1. The van der Waals surface area contributed by atoms with Crippen LogP contribution < -0.4 is 10.6 Å². The lowest BCUT2D eigenvalue weighted by Gasteiger charge is -2.30. The summed E-state index contributed by atoms with van der Waals surface area (Å²) in [6, 6.07) is 6.89. The number of guanidine groups is 1. The fourth-order valence-corrected chi connectivity index (χ4v) is 4.26. The quantitative estimate of drug-likeness (QED) is 0.597. The maximum absolute atomic E-state index is 14.0. The molecule has 0 aliphatic heterocycles. The molecule has 1 aliphatic carbocycles. The van der Waals surface area contributed by atoms with Gasteiger partial charge in [-0.15, -0.1) is 0 Å². The van der Waals surface area contributed by atoms with E-state index in [1.54, 1.807) is 12.1 Å². The normalized spacial score (nSPS) is 20.8. The first-order chi connectivity index (χ1) is 12.2. The molecule has 0 radical (unpaired) electrons. The molecule has 6 heteroatoms. The first-order valence-electron chi connectivity index (χ1n) is 9.01. The number of hydrogen-bond acceptors (Lipinski definition) is 3. The van der Waals surface area contributed by atoms with Gasteiger partial charge in [-0.3, -0.25) is 0 Å². The molecule has 0 aromatic heterocycles. The fraction of sp³-hybridized carbons (Fsp3) is 0.579. The average molecular weight is 363 g/mol. The van der Waals surface area contributed by atoms with E-state index in [0.717, 1.165) is 36.3 Å². The van der Waals surface area contributed by atoms with E-state index in [1.807, 2.05) is 24.8 Å². The number of nitriles is 1. The SMILES string of the molecule is CCNC(=NCc1ccc(C#N)cc1F)NC1CCCC(SCC)C1. The van der Waals surface area contributed by atoms with Gasteiger partial charge in [-0.25, -0.2) is 9.38 Å². The maximum Gasteiger partial charge on any atom is 0.191 e. The highest BCUT2D eigenvalue weighted by atomic mass is 32.2. The number of rotatable bonds is 6. The number of halogens is 1. The van der Waals surface area contributed by atoms with Crippen LogP contribution in [0.4, 0.5) is 4.39 Å². The monoisotopic (exact) mass is 362 g/mol. The van der Waals surface area contributed by atoms with E-state index < -0.39 is 0 Å². The van der Waals surface area contributed by atoms with Gasteiger partial charge < -0.3 is 10.6 Å². The van der Waals surface area contributed by atoms with Crippen molar-refractivity contribution in [2.45, 2.75) is 57.4 Å². The van der Waals surface area contributed by atoms with Crippen molar-refractivity contribution >= 4 is 17.7 Å². The summed E-state index contributed by atoms with van der Waals surface area (Å²) in [4.78, 5) is 4.53. The van der Waals surface area contributed by atoms with Crippen LogP contribution in [0.5, 0.6) is 0 Å². The Morgan fingerprint density at radius 3 is 2.92 bits per heavy atom. The smallest absolute Gasteiger partial charge is 0.191 e. The van der Waals surface area contributed by atoms with Gasteiger partial charge in [0.15, 0.2) is 5.96 Å². The molecule has 0 spiro atoms. The minimum absolute atomic E-state index is 0.257. The van der Waals surface area contributed by atoms with Crippen LogP contribution in [0.15, 0.2) is 23.2 Å². The Morgan fingerprint density at radius 2 is 2.24 bits per heavy atom. The zero-order valence-corrected chi connectivity index (χ0v) is 15.8. The lowest BCUT2D eigenvalue weighted by Crippen LogP contribution is -2.45. The van der Waals surface area contributed by atoms with Gasteiger partial charge in [-0.2, -0.15) is 17.0 Å². The molecule has 0 bridgehead atoms. The first-order valence-corrected chi connectivity index (χ1v) is 10.1. The molecule has 1 aromatic carbocycles. The van der Waals surface area contributed by atoms with Gasteiger partial charge in [0.05, 0.1) is 18.2 Å². The average Bonchev–Trinajstić information content (AvgIpc) is 2.61. The molecule has 1 aliphatic rings. The predicted molar refractivity (Wildman–Crippen MR) is 103 cm³/mol. The Balaban J connectivity index is 1.99. The van der Waals surface area contributed by atoms with Crippen molar-refractivity contribution in [2.24, 2.45) is 4.99 Å². The van der Waals surface area contributed by atoms with Crippen molar-refractivity contribution in [3.63, 3.8) is 0 Å². The number of nitrogens with one attached hydrogen (secondary N) is 2. The van der Waals surface area contributed by atoms with Gasteiger partial charge in [-0.1, -0.05) is 19.4 Å². The number of thioether (sulfide) groups is 1. The summed E-state index contributed by atoms with van der Waals surface area (Å²) >= 11 is 2.04. The molecule has 2 rings (SSSR count). The Kier molecular flexibility index (Phi) is 8.07. The standard InChI is InChI=1S/C19H27FN4S/c1-3-22-19(24-16-6-5-7-17(11-16)25-4-2)23-13-15-9-8-14(12-21)10-18(15)20/h8-10,16-17H,3-7,11,13H2,1-2H3,(H2,22,23,24). The number of hydrogen-bond donors (Lipinski definition) is 2. The molecule has 136 valence electrons. The Hall–Kier alpha value is -1.74. The Bertz CT molecular complexity index is 624. The summed E-state index contributed by atoms with van der Waals surface area (Å²) in [7, 11) is 0. The van der Waals surface area contributed by atoms with Gasteiger partial charge in [0, 0.05) is 23.4 Å². The highest BCUT2D eigenvalue weighted by molar-refractivity contribution is 7.99. The minimum atomic E-state index is -0.379. The Morgan fingerprint density at radius 1 is 1.40 bits per heavy atom. The van der Waals surface area contributed by atoms with Gasteiger partial charge >= 0.3 is 0 Å². The van der Waals surface area contributed by atoms with Crippen LogP contribution in [-0.2, 0) is 6.54 Å². The summed E-state index contributed by atoms with van der Waals surface area (Å²) in [5.74, 6) is 1.51. The molecule has 0 heterocycles.